The van der Waals surface area contributed by atoms with Crippen LogP contribution < -0.4 is 11.1 Å². The molecule has 2 atom stereocenters. The molecule has 0 saturated heterocycles. The molecule has 3 nitrogen and oxygen atoms in total. The van der Waals surface area contributed by atoms with Crippen LogP contribution >= 0.6 is 12.4 Å². The van der Waals surface area contributed by atoms with E-state index in [4.69, 9.17) is 5.73 Å². The molecule has 24 heavy (non-hydrogen) atoms. The SMILES string of the molecule is CC(C)c1ccc(C(C)NC(=O)C(N)Cc2ccccc2)cc1.Cl. The molecule has 0 radical (unpaired) electrons. The number of rotatable bonds is 6. The number of nitrogens with one attached hydrogen (secondary N) is 1. The van der Waals surface area contributed by atoms with Gasteiger partial charge in [0.15, 0.2) is 0 Å². The Morgan fingerprint density at radius 3 is 2.04 bits per heavy atom. The first-order valence-corrected chi connectivity index (χ1v) is 8.17. The molecule has 0 heterocycles. The zero-order valence-electron chi connectivity index (χ0n) is 14.5. The Morgan fingerprint density at radius 2 is 1.50 bits per heavy atom. The van der Waals surface area contributed by atoms with Crippen molar-refractivity contribution in [1.82, 2.24) is 5.32 Å². The number of benzene rings is 2. The monoisotopic (exact) mass is 346 g/mol. The number of carbonyl (C=O) groups is 1. The van der Waals surface area contributed by atoms with Crippen molar-refractivity contribution in [2.45, 2.75) is 45.2 Å². The topological polar surface area (TPSA) is 55.1 Å². The summed E-state index contributed by atoms with van der Waals surface area (Å²) >= 11 is 0. The summed E-state index contributed by atoms with van der Waals surface area (Å²) in [6.07, 6.45) is 0.547. The largest absolute Gasteiger partial charge is 0.348 e. The van der Waals surface area contributed by atoms with Crippen LogP contribution in [-0.2, 0) is 11.2 Å². The van der Waals surface area contributed by atoms with Crippen LogP contribution in [0.2, 0.25) is 0 Å². The minimum Gasteiger partial charge on any atom is -0.348 e. The molecule has 0 spiro atoms. The third-order valence-corrected chi connectivity index (χ3v) is 4.10. The molecule has 4 heteroatoms. The van der Waals surface area contributed by atoms with Gasteiger partial charge in [0.25, 0.3) is 0 Å². The number of nitrogens with two attached hydrogens (primary N) is 1. The Bertz CT molecular complexity index is 626. The second-order valence-corrected chi connectivity index (χ2v) is 6.35. The second kappa shape index (κ2) is 9.45. The fraction of sp³-hybridized carbons (Fsp3) is 0.350. The van der Waals surface area contributed by atoms with Crippen LogP contribution in [0.15, 0.2) is 54.6 Å². The van der Waals surface area contributed by atoms with Crippen molar-refractivity contribution in [3.8, 4) is 0 Å². The molecule has 0 saturated carbocycles. The smallest absolute Gasteiger partial charge is 0.237 e. The van der Waals surface area contributed by atoms with Gasteiger partial charge in [-0.05, 0) is 36.0 Å². The van der Waals surface area contributed by atoms with E-state index in [1.165, 1.54) is 5.56 Å². The van der Waals surface area contributed by atoms with E-state index < -0.39 is 6.04 Å². The third kappa shape index (κ3) is 5.66. The van der Waals surface area contributed by atoms with E-state index in [0.717, 1.165) is 11.1 Å². The summed E-state index contributed by atoms with van der Waals surface area (Å²) in [4.78, 5) is 12.3. The van der Waals surface area contributed by atoms with Crippen LogP contribution in [0.3, 0.4) is 0 Å². The maximum atomic E-state index is 12.3. The maximum Gasteiger partial charge on any atom is 0.237 e. The minimum absolute atomic E-state index is 0. The maximum absolute atomic E-state index is 12.3. The highest BCUT2D eigenvalue weighted by molar-refractivity contribution is 5.85. The van der Waals surface area contributed by atoms with Gasteiger partial charge in [-0.1, -0.05) is 68.4 Å². The van der Waals surface area contributed by atoms with Gasteiger partial charge < -0.3 is 11.1 Å². The lowest BCUT2D eigenvalue weighted by molar-refractivity contribution is -0.123. The van der Waals surface area contributed by atoms with Gasteiger partial charge in [0.05, 0.1) is 12.1 Å². The molecule has 2 rings (SSSR count). The van der Waals surface area contributed by atoms with Crippen LogP contribution in [0.25, 0.3) is 0 Å². The first-order chi connectivity index (χ1) is 11.0. The van der Waals surface area contributed by atoms with Crippen molar-refractivity contribution >= 4 is 18.3 Å². The lowest BCUT2D eigenvalue weighted by atomic mass is 9.99. The van der Waals surface area contributed by atoms with E-state index in [-0.39, 0.29) is 24.4 Å². The van der Waals surface area contributed by atoms with Gasteiger partial charge in [-0.2, -0.15) is 0 Å². The van der Waals surface area contributed by atoms with Crippen molar-refractivity contribution in [1.29, 1.82) is 0 Å². The molecule has 0 aromatic heterocycles. The Labute approximate surface area is 151 Å². The fourth-order valence-electron chi connectivity index (χ4n) is 2.53. The Kier molecular flexibility index (Phi) is 7.96. The van der Waals surface area contributed by atoms with Gasteiger partial charge in [-0.3, -0.25) is 4.79 Å². The molecule has 2 aromatic carbocycles. The highest BCUT2D eigenvalue weighted by Crippen LogP contribution is 2.18. The van der Waals surface area contributed by atoms with E-state index in [0.29, 0.717) is 12.3 Å². The highest BCUT2D eigenvalue weighted by Gasteiger charge is 2.17. The zero-order chi connectivity index (χ0) is 16.8. The zero-order valence-corrected chi connectivity index (χ0v) is 15.3. The highest BCUT2D eigenvalue weighted by atomic mass is 35.5. The predicted molar refractivity (Wildman–Crippen MR) is 102 cm³/mol. The van der Waals surface area contributed by atoms with Gasteiger partial charge in [0.1, 0.15) is 0 Å². The summed E-state index contributed by atoms with van der Waals surface area (Å²) in [5, 5.41) is 3.00. The number of hydrogen-bond acceptors (Lipinski definition) is 2. The van der Waals surface area contributed by atoms with E-state index in [9.17, 15) is 4.79 Å². The molecular formula is C20H27ClN2O. The first kappa shape index (κ1) is 20.2. The molecule has 0 aliphatic carbocycles. The van der Waals surface area contributed by atoms with Gasteiger partial charge >= 0.3 is 0 Å². The Morgan fingerprint density at radius 1 is 0.958 bits per heavy atom. The van der Waals surface area contributed by atoms with Crippen molar-refractivity contribution in [2.75, 3.05) is 0 Å². The quantitative estimate of drug-likeness (QED) is 0.831. The van der Waals surface area contributed by atoms with Crippen LogP contribution in [0.1, 0.15) is 49.4 Å². The summed E-state index contributed by atoms with van der Waals surface area (Å²) in [5.74, 6) is 0.391. The predicted octanol–water partition coefficient (Wildman–Crippen LogP) is 3.98. The van der Waals surface area contributed by atoms with Crippen LogP contribution in [0, 0.1) is 0 Å². The third-order valence-electron chi connectivity index (χ3n) is 4.10. The van der Waals surface area contributed by atoms with Crippen LogP contribution in [-0.4, -0.2) is 11.9 Å². The minimum atomic E-state index is -0.533. The normalized spacial score (nSPS) is 13.0. The van der Waals surface area contributed by atoms with Gasteiger partial charge in [-0.15, -0.1) is 12.4 Å². The average Bonchev–Trinajstić information content (AvgIpc) is 2.55. The summed E-state index contributed by atoms with van der Waals surface area (Å²) in [5.41, 5.74) is 9.49. The molecule has 0 bridgehead atoms. The van der Waals surface area contributed by atoms with E-state index in [1.807, 2.05) is 37.3 Å². The first-order valence-electron chi connectivity index (χ1n) is 8.17. The van der Waals surface area contributed by atoms with Crippen molar-refractivity contribution < 1.29 is 4.79 Å². The molecule has 0 fully saturated rings. The van der Waals surface area contributed by atoms with E-state index >= 15 is 0 Å². The Balaban J connectivity index is 0.00000288. The van der Waals surface area contributed by atoms with Crippen LogP contribution in [0.4, 0.5) is 0 Å². The standard InChI is InChI=1S/C20H26N2O.ClH/c1-14(2)17-9-11-18(12-10-17)15(3)22-20(23)19(21)13-16-7-5-4-6-8-16;/h4-12,14-15,19H,13,21H2,1-3H3,(H,22,23);1H. The van der Waals surface area contributed by atoms with Crippen molar-refractivity contribution in [2.24, 2.45) is 5.73 Å². The van der Waals surface area contributed by atoms with Gasteiger partial charge in [0.2, 0.25) is 5.91 Å². The lowest BCUT2D eigenvalue weighted by Gasteiger charge is -2.18. The molecule has 2 aromatic rings. The molecule has 3 N–H and O–H groups in total. The number of amides is 1. The average molecular weight is 347 g/mol. The fourth-order valence-corrected chi connectivity index (χ4v) is 2.53. The molecule has 0 aliphatic heterocycles. The Hall–Kier alpha value is -1.84. The number of carbonyl (C=O) groups excluding carboxylic acids is 1. The molecule has 2 unspecified atom stereocenters. The summed E-state index contributed by atoms with van der Waals surface area (Å²) in [7, 11) is 0. The summed E-state index contributed by atoms with van der Waals surface area (Å²) < 4.78 is 0. The molecular weight excluding hydrogens is 320 g/mol. The van der Waals surface area contributed by atoms with E-state index in [2.05, 4.69) is 43.4 Å². The van der Waals surface area contributed by atoms with Crippen molar-refractivity contribution in [3.05, 3.63) is 71.3 Å². The van der Waals surface area contributed by atoms with Crippen LogP contribution in [0.5, 0.6) is 0 Å². The van der Waals surface area contributed by atoms with Crippen molar-refractivity contribution in [3.63, 3.8) is 0 Å². The summed E-state index contributed by atoms with van der Waals surface area (Å²) in [6, 6.07) is 17.6. The molecule has 1 amide bonds. The van der Waals surface area contributed by atoms with Gasteiger partial charge in [0, 0.05) is 0 Å². The lowest BCUT2D eigenvalue weighted by Crippen LogP contribution is -2.42. The molecule has 130 valence electrons. The second-order valence-electron chi connectivity index (χ2n) is 6.35. The van der Waals surface area contributed by atoms with Gasteiger partial charge in [-0.25, -0.2) is 0 Å². The number of hydrogen-bond donors (Lipinski definition) is 2. The van der Waals surface area contributed by atoms with E-state index in [1.54, 1.807) is 0 Å². The number of halogens is 1. The molecule has 0 aliphatic rings. The summed E-state index contributed by atoms with van der Waals surface area (Å²) in [6.45, 7) is 6.32.